The van der Waals surface area contributed by atoms with E-state index in [9.17, 15) is 0 Å². The maximum atomic E-state index is 5.60. The molecular weight excluding hydrogens is 486 g/mol. The number of para-hydroxylation sites is 2. The SMILES string of the molecule is C.CC(C)c1nc2ccccc2o1.Cc1ccc2nc(C(C)C)oc2c1.Cc1ccc2oc(C(C)C)nc2c1. The summed E-state index contributed by atoms with van der Waals surface area (Å²) in [6, 6.07) is 20.0. The van der Waals surface area contributed by atoms with Crippen molar-refractivity contribution in [3.63, 3.8) is 0 Å². The van der Waals surface area contributed by atoms with E-state index in [1.54, 1.807) is 0 Å². The zero-order chi connectivity index (χ0) is 27.4. The van der Waals surface area contributed by atoms with Crippen LogP contribution in [0.4, 0.5) is 0 Å². The van der Waals surface area contributed by atoms with E-state index in [1.807, 2.05) is 54.6 Å². The Kier molecular flexibility index (Phi) is 9.68. The number of aryl methyl sites for hydroxylation is 2. The number of hydrogen-bond donors (Lipinski definition) is 0. The lowest BCUT2D eigenvalue weighted by molar-refractivity contribution is 0.501. The predicted molar refractivity (Wildman–Crippen MR) is 160 cm³/mol. The van der Waals surface area contributed by atoms with Crippen molar-refractivity contribution in [3.05, 3.63) is 89.5 Å². The standard InChI is InChI=1S/2C11H13NO.C10H11NO.CH4/c1-7(2)11-12-9-6-8(3)4-5-10(9)13-11;1-7(2)11-12-9-5-4-8(3)6-10(9)13-11;1-7(2)10-11-8-5-3-4-6-9(8)12-10;/h2*4-7H,1-3H3;3-7H,1-2H3;1H4. The van der Waals surface area contributed by atoms with Crippen LogP contribution < -0.4 is 0 Å². The average Bonchev–Trinajstić information content (AvgIpc) is 3.60. The largest absolute Gasteiger partial charge is 0.440 e. The van der Waals surface area contributed by atoms with Gasteiger partial charge in [0, 0.05) is 17.8 Å². The highest BCUT2D eigenvalue weighted by atomic mass is 16.4. The van der Waals surface area contributed by atoms with Crippen LogP contribution in [-0.4, -0.2) is 15.0 Å². The van der Waals surface area contributed by atoms with E-state index in [1.165, 1.54) is 11.1 Å². The molecule has 6 nitrogen and oxygen atoms in total. The van der Waals surface area contributed by atoms with E-state index in [-0.39, 0.29) is 7.43 Å². The highest BCUT2D eigenvalue weighted by molar-refractivity contribution is 5.74. The lowest BCUT2D eigenvalue weighted by atomic mass is 10.2. The minimum absolute atomic E-state index is 0. The number of aromatic nitrogens is 3. The highest BCUT2D eigenvalue weighted by Gasteiger charge is 2.10. The molecule has 206 valence electrons. The van der Waals surface area contributed by atoms with Gasteiger partial charge in [0.05, 0.1) is 0 Å². The van der Waals surface area contributed by atoms with Gasteiger partial charge < -0.3 is 13.3 Å². The van der Waals surface area contributed by atoms with Crippen molar-refractivity contribution in [2.45, 2.75) is 80.6 Å². The normalized spacial score (nSPS) is 11.1. The zero-order valence-corrected chi connectivity index (χ0v) is 23.6. The molecule has 0 bridgehead atoms. The van der Waals surface area contributed by atoms with Gasteiger partial charge >= 0.3 is 0 Å². The van der Waals surface area contributed by atoms with E-state index in [2.05, 4.69) is 76.4 Å². The van der Waals surface area contributed by atoms with Gasteiger partial charge in [0.15, 0.2) is 34.4 Å². The number of benzene rings is 3. The van der Waals surface area contributed by atoms with Crippen LogP contribution in [0.25, 0.3) is 33.3 Å². The molecule has 3 aromatic heterocycles. The molecule has 0 spiro atoms. The van der Waals surface area contributed by atoms with Crippen LogP contribution in [0.2, 0.25) is 0 Å². The van der Waals surface area contributed by atoms with Gasteiger partial charge in [-0.25, -0.2) is 15.0 Å². The molecule has 0 aliphatic rings. The first-order chi connectivity index (χ1) is 18.1. The summed E-state index contributed by atoms with van der Waals surface area (Å²) >= 11 is 0. The Morgan fingerprint density at radius 2 is 0.923 bits per heavy atom. The second-order valence-electron chi connectivity index (χ2n) is 10.5. The summed E-state index contributed by atoms with van der Waals surface area (Å²) in [7, 11) is 0. The predicted octanol–water partition coefficient (Wildman–Crippen LogP) is 10.1. The third-order valence-corrected chi connectivity index (χ3v) is 5.91. The van der Waals surface area contributed by atoms with Crippen molar-refractivity contribution >= 4 is 33.3 Å². The molecule has 0 aliphatic carbocycles. The zero-order valence-electron chi connectivity index (χ0n) is 23.6. The molecule has 0 fully saturated rings. The Labute approximate surface area is 231 Å². The van der Waals surface area contributed by atoms with Gasteiger partial charge in [-0.2, -0.15) is 0 Å². The van der Waals surface area contributed by atoms with E-state index < -0.39 is 0 Å². The van der Waals surface area contributed by atoms with Gasteiger partial charge in [-0.15, -0.1) is 0 Å². The summed E-state index contributed by atoms with van der Waals surface area (Å²) in [4.78, 5) is 13.1. The third kappa shape index (κ3) is 7.34. The number of oxazole rings is 3. The van der Waals surface area contributed by atoms with Crippen molar-refractivity contribution in [2.24, 2.45) is 0 Å². The minimum Gasteiger partial charge on any atom is -0.440 e. The quantitative estimate of drug-likeness (QED) is 0.228. The molecule has 0 unspecified atom stereocenters. The molecule has 3 aromatic carbocycles. The summed E-state index contributed by atoms with van der Waals surface area (Å²) in [5.41, 5.74) is 7.94. The fourth-order valence-electron chi connectivity index (χ4n) is 3.74. The highest BCUT2D eigenvalue weighted by Crippen LogP contribution is 2.23. The van der Waals surface area contributed by atoms with Crippen molar-refractivity contribution in [1.82, 2.24) is 15.0 Å². The maximum absolute atomic E-state index is 5.60. The minimum atomic E-state index is 0. The summed E-state index contributed by atoms with van der Waals surface area (Å²) < 4.78 is 16.7. The van der Waals surface area contributed by atoms with Crippen molar-refractivity contribution in [3.8, 4) is 0 Å². The molecule has 6 aromatic rings. The van der Waals surface area contributed by atoms with Crippen molar-refractivity contribution in [1.29, 1.82) is 0 Å². The molecule has 6 heteroatoms. The van der Waals surface area contributed by atoms with E-state index in [0.717, 1.165) is 51.0 Å². The molecule has 39 heavy (non-hydrogen) atoms. The Morgan fingerprint density at radius 3 is 1.49 bits per heavy atom. The fourth-order valence-corrected chi connectivity index (χ4v) is 3.74. The summed E-state index contributed by atoms with van der Waals surface area (Å²) in [6.07, 6.45) is 0. The van der Waals surface area contributed by atoms with Gasteiger partial charge in [-0.1, -0.05) is 73.2 Å². The molecule has 0 atom stereocenters. The summed E-state index contributed by atoms with van der Waals surface area (Å²) in [5, 5.41) is 0. The van der Waals surface area contributed by atoms with Crippen LogP contribution in [0.15, 0.2) is 73.9 Å². The second kappa shape index (κ2) is 12.7. The first kappa shape index (κ1) is 29.6. The monoisotopic (exact) mass is 527 g/mol. The van der Waals surface area contributed by atoms with Crippen LogP contribution in [0.5, 0.6) is 0 Å². The molecular formula is C33H41N3O3. The summed E-state index contributed by atoms with van der Waals surface area (Å²) in [6.45, 7) is 16.6. The Hall–Kier alpha value is -3.93. The maximum Gasteiger partial charge on any atom is 0.198 e. The Morgan fingerprint density at radius 1 is 0.487 bits per heavy atom. The van der Waals surface area contributed by atoms with Crippen LogP contribution in [0.1, 0.15) is 95.5 Å². The number of nitrogens with zero attached hydrogens (tertiary/aromatic N) is 3. The molecule has 0 N–H and O–H groups in total. The smallest absolute Gasteiger partial charge is 0.198 e. The molecule has 0 saturated heterocycles. The number of hydrogen-bond acceptors (Lipinski definition) is 6. The van der Waals surface area contributed by atoms with Crippen molar-refractivity contribution < 1.29 is 13.3 Å². The molecule has 6 rings (SSSR count). The molecule has 0 aliphatic heterocycles. The molecule has 0 saturated carbocycles. The third-order valence-electron chi connectivity index (χ3n) is 5.91. The first-order valence-corrected chi connectivity index (χ1v) is 13.2. The Bertz CT molecular complexity index is 1520. The van der Waals surface area contributed by atoms with E-state index in [0.29, 0.717) is 17.8 Å². The van der Waals surface area contributed by atoms with Gasteiger partial charge in [0.2, 0.25) is 0 Å². The van der Waals surface area contributed by atoms with Crippen LogP contribution in [0, 0.1) is 13.8 Å². The van der Waals surface area contributed by atoms with Crippen molar-refractivity contribution in [2.75, 3.05) is 0 Å². The second-order valence-corrected chi connectivity index (χ2v) is 10.5. The van der Waals surface area contributed by atoms with E-state index >= 15 is 0 Å². The molecule has 3 heterocycles. The fraction of sp³-hybridized carbons (Fsp3) is 0.364. The van der Waals surface area contributed by atoms with Gasteiger partial charge in [0.25, 0.3) is 0 Å². The van der Waals surface area contributed by atoms with Crippen LogP contribution >= 0.6 is 0 Å². The van der Waals surface area contributed by atoms with Crippen LogP contribution in [0.3, 0.4) is 0 Å². The lowest BCUT2D eigenvalue weighted by Crippen LogP contribution is -1.84. The summed E-state index contributed by atoms with van der Waals surface area (Å²) in [5.74, 6) is 3.52. The van der Waals surface area contributed by atoms with Gasteiger partial charge in [-0.05, 0) is 61.4 Å². The molecule has 0 radical (unpaired) electrons. The average molecular weight is 528 g/mol. The Balaban J connectivity index is 0.000000160. The lowest BCUT2D eigenvalue weighted by Gasteiger charge is -1.93. The van der Waals surface area contributed by atoms with Gasteiger partial charge in [0.1, 0.15) is 16.6 Å². The van der Waals surface area contributed by atoms with E-state index in [4.69, 9.17) is 13.3 Å². The van der Waals surface area contributed by atoms with Gasteiger partial charge in [-0.3, -0.25) is 0 Å². The topological polar surface area (TPSA) is 78.1 Å². The first-order valence-electron chi connectivity index (χ1n) is 13.2. The van der Waals surface area contributed by atoms with Crippen LogP contribution in [-0.2, 0) is 0 Å². The number of fused-ring (bicyclic) bond motifs is 3. The number of rotatable bonds is 3. The molecule has 0 amide bonds.